The number of ether oxygens (including phenoxy) is 1. The minimum Gasteiger partial charge on any atom is -0.444 e. The van der Waals surface area contributed by atoms with Crippen molar-refractivity contribution in [2.75, 3.05) is 26.2 Å². The van der Waals surface area contributed by atoms with E-state index in [-0.39, 0.29) is 35.4 Å². The Bertz CT molecular complexity index is 810. The van der Waals surface area contributed by atoms with Crippen molar-refractivity contribution in [3.63, 3.8) is 0 Å². The summed E-state index contributed by atoms with van der Waals surface area (Å²) in [6.07, 6.45) is 2.30. The first-order valence-electron chi connectivity index (χ1n) is 9.78. The summed E-state index contributed by atoms with van der Waals surface area (Å²) in [5, 5.41) is 8.94. The van der Waals surface area contributed by atoms with Crippen LogP contribution < -0.4 is 20.7 Å². The van der Waals surface area contributed by atoms with E-state index in [0.717, 1.165) is 0 Å². The lowest BCUT2D eigenvalue weighted by Gasteiger charge is -2.27. The lowest BCUT2D eigenvalue weighted by atomic mass is 10.1. The molecule has 0 bridgehead atoms. The molecule has 0 saturated heterocycles. The van der Waals surface area contributed by atoms with E-state index in [1.165, 1.54) is 18.5 Å². The van der Waals surface area contributed by atoms with Gasteiger partial charge in [-0.05, 0) is 53.7 Å². The van der Waals surface area contributed by atoms with Gasteiger partial charge in [-0.2, -0.15) is 0 Å². The molecule has 1 amide bonds. The second-order valence-corrected chi connectivity index (χ2v) is 9.99. The number of hydrogen-bond donors (Lipinski definition) is 4. The van der Waals surface area contributed by atoms with Gasteiger partial charge in [-0.1, -0.05) is 0 Å². The average molecular weight is 570 g/mol. The average Bonchev–Trinajstić information content (AvgIpc) is 2.61. The van der Waals surface area contributed by atoms with E-state index in [4.69, 9.17) is 4.74 Å². The molecule has 0 spiro atoms. The smallest absolute Gasteiger partial charge is 0.408 e. The van der Waals surface area contributed by atoms with Crippen molar-refractivity contribution in [1.82, 2.24) is 25.7 Å². The first kappa shape index (κ1) is 29.3. The number of carbonyl (C=O) groups is 1. The topological polar surface area (TPSA) is 134 Å². The maximum absolute atomic E-state index is 12.2. The molecular weight excluding hydrogens is 535 g/mol. The van der Waals surface area contributed by atoms with Gasteiger partial charge in [0.25, 0.3) is 0 Å². The van der Waals surface area contributed by atoms with Gasteiger partial charge in [0.2, 0.25) is 10.0 Å². The standard InChI is InChI=1S/C19H34N6O4S.HI/c1-7-21-16(23-14-19(5,6)25-17(26)29-18(2,3)4)22-11-12-24-30(27,28)15-9-8-10-20-13-15;/h8-10,13,24H,7,11-12,14H2,1-6H3,(H,25,26)(H2,21,22,23);1H. The number of amides is 1. The van der Waals surface area contributed by atoms with Gasteiger partial charge in [0.15, 0.2) is 5.96 Å². The normalized spacial score (nSPS) is 12.5. The van der Waals surface area contributed by atoms with Crippen LogP contribution in [0.1, 0.15) is 41.5 Å². The molecule has 1 aromatic heterocycles. The Kier molecular flexibility index (Phi) is 12.3. The summed E-state index contributed by atoms with van der Waals surface area (Å²) in [7, 11) is -3.61. The maximum Gasteiger partial charge on any atom is 0.408 e. The van der Waals surface area contributed by atoms with Crippen molar-refractivity contribution < 1.29 is 17.9 Å². The fourth-order valence-corrected chi connectivity index (χ4v) is 3.19. The number of nitrogens with one attached hydrogen (secondary N) is 4. The molecule has 0 aliphatic rings. The van der Waals surface area contributed by atoms with E-state index in [1.54, 1.807) is 26.8 Å². The van der Waals surface area contributed by atoms with Gasteiger partial charge in [-0.3, -0.25) is 9.98 Å². The van der Waals surface area contributed by atoms with Crippen molar-refractivity contribution in [2.45, 2.75) is 57.6 Å². The summed E-state index contributed by atoms with van der Waals surface area (Å²) in [4.78, 5) is 20.4. The van der Waals surface area contributed by atoms with E-state index < -0.39 is 27.3 Å². The zero-order valence-corrected chi connectivity index (χ0v) is 22.1. The van der Waals surface area contributed by atoms with Crippen LogP contribution in [0.5, 0.6) is 0 Å². The van der Waals surface area contributed by atoms with Crippen LogP contribution in [0.4, 0.5) is 4.79 Å². The summed E-state index contributed by atoms with van der Waals surface area (Å²) in [6.45, 7) is 12.4. The van der Waals surface area contributed by atoms with Crippen LogP contribution in [0.2, 0.25) is 0 Å². The highest BCUT2D eigenvalue weighted by atomic mass is 127. The Balaban J connectivity index is 0.00000900. The number of rotatable bonds is 9. The highest BCUT2D eigenvalue weighted by molar-refractivity contribution is 14.0. The van der Waals surface area contributed by atoms with Gasteiger partial charge in [0.05, 0.1) is 12.1 Å². The number of carbonyl (C=O) groups excluding carboxylic acids is 1. The van der Waals surface area contributed by atoms with Crippen molar-refractivity contribution in [3.05, 3.63) is 24.5 Å². The highest BCUT2D eigenvalue weighted by Crippen LogP contribution is 2.10. The van der Waals surface area contributed by atoms with Crippen LogP contribution in [-0.2, 0) is 14.8 Å². The van der Waals surface area contributed by atoms with Crippen LogP contribution in [0.15, 0.2) is 34.4 Å². The number of halogens is 1. The van der Waals surface area contributed by atoms with Crippen molar-refractivity contribution in [2.24, 2.45) is 4.99 Å². The predicted octanol–water partition coefficient (Wildman–Crippen LogP) is 1.84. The quantitative estimate of drug-likeness (QED) is 0.154. The Morgan fingerprint density at radius 1 is 1.16 bits per heavy atom. The Morgan fingerprint density at radius 3 is 2.39 bits per heavy atom. The predicted molar refractivity (Wildman–Crippen MR) is 132 cm³/mol. The zero-order chi connectivity index (χ0) is 22.8. The third-order valence-corrected chi connectivity index (χ3v) is 4.92. The van der Waals surface area contributed by atoms with Crippen LogP contribution in [0, 0.1) is 0 Å². The van der Waals surface area contributed by atoms with Crippen LogP contribution in [0.25, 0.3) is 0 Å². The number of alkyl carbamates (subject to hydrolysis) is 1. The molecule has 0 radical (unpaired) electrons. The molecule has 0 aromatic carbocycles. The second kappa shape index (κ2) is 13.0. The third kappa shape index (κ3) is 12.7. The number of nitrogens with zero attached hydrogens (tertiary/aromatic N) is 2. The van der Waals surface area contributed by atoms with E-state index >= 15 is 0 Å². The summed E-state index contributed by atoms with van der Waals surface area (Å²) in [5.41, 5.74) is -1.21. The first-order chi connectivity index (χ1) is 13.8. The summed E-state index contributed by atoms with van der Waals surface area (Å²) in [6, 6.07) is 3.05. The SMILES string of the molecule is CCNC(=NCC(C)(C)NC(=O)OC(C)(C)C)NCCNS(=O)(=O)c1cccnc1.I. The minimum absolute atomic E-state index is 0. The lowest BCUT2D eigenvalue weighted by molar-refractivity contribution is 0.0476. The third-order valence-electron chi connectivity index (χ3n) is 3.47. The molecule has 0 aliphatic carbocycles. The molecule has 0 unspecified atom stereocenters. The highest BCUT2D eigenvalue weighted by Gasteiger charge is 2.24. The molecule has 178 valence electrons. The number of aromatic nitrogens is 1. The van der Waals surface area contributed by atoms with E-state index in [9.17, 15) is 13.2 Å². The van der Waals surface area contributed by atoms with Gasteiger partial charge in [-0.15, -0.1) is 24.0 Å². The summed E-state index contributed by atoms with van der Waals surface area (Å²) < 4.78 is 32.2. The number of hydrogen-bond acceptors (Lipinski definition) is 6. The van der Waals surface area contributed by atoms with Crippen molar-refractivity contribution >= 4 is 46.1 Å². The number of guanidine groups is 1. The van der Waals surface area contributed by atoms with Crippen molar-refractivity contribution in [1.29, 1.82) is 0 Å². The zero-order valence-electron chi connectivity index (χ0n) is 19.0. The molecular formula is C19H35IN6O4S. The molecule has 10 nitrogen and oxygen atoms in total. The van der Waals surface area contributed by atoms with Crippen LogP contribution in [0.3, 0.4) is 0 Å². The molecule has 0 aliphatic heterocycles. The van der Waals surface area contributed by atoms with E-state index in [0.29, 0.717) is 25.6 Å². The van der Waals surface area contributed by atoms with Crippen LogP contribution in [-0.4, -0.2) is 62.8 Å². The fraction of sp³-hybridized carbons (Fsp3) is 0.632. The van der Waals surface area contributed by atoms with Crippen molar-refractivity contribution in [3.8, 4) is 0 Å². The lowest BCUT2D eigenvalue weighted by Crippen LogP contribution is -2.49. The largest absolute Gasteiger partial charge is 0.444 e. The number of aliphatic imine (C=N–C) groups is 1. The molecule has 12 heteroatoms. The molecule has 1 heterocycles. The Labute approximate surface area is 202 Å². The van der Waals surface area contributed by atoms with Gasteiger partial charge in [0.1, 0.15) is 10.5 Å². The molecule has 0 atom stereocenters. The van der Waals surface area contributed by atoms with E-state index in [2.05, 4.69) is 30.6 Å². The van der Waals surface area contributed by atoms with Gasteiger partial charge in [0, 0.05) is 32.0 Å². The summed E-state index contributed by atoms with van der Waals surface area (Å²) in [5.74, 6) is 0.511. The fourth-order valence-electron chi connectivity index (χ4n) is 2.19. The van der Waals surface area contributed by atoms with Gasteiger partial charge < -0.3 is 20.7 Å². The maximum atomic E-state index is 12.2. The molecule has 31 heavy (non-hydrogen) atoms. The van der Waals surface area contributed by atoms with E-state index in [1.807, 2.05) is 20.8 Å². The molecule has 0 fully saturated rings. The molecule has 4 N–H and O–H groups in total. The summed E-state index contributed by atoms with van der Waals surface area (Å²) >= 11 is 0. The molecule has 1 rings (SSSR count). The minimum atomic E-state index is -3.61. The number of pyridine rings is 1. The molecule has 0 saturated carbocycles. The van der Waals surface area contributed by atoms with Crippen LogP contribution >= 0.6 is 24.0 Å². The first-order valence-corrected chi connectivity index (χ1v) is 11.3. The van der Waals surface area contributed by atoms with Gasteiger partial charge >= 0.3 is 6.09 Å². The Morgan fingerprint density at radius 2 is 1.84 bits per heavy atom. The Hall–Kier alpha value is -1.67. The monoisotopic (exact) mass is 570 g/mol. The number of sulfonamides is 1. The molecule has 1 aromatic rings. The van der Waals surface area contributed by atoms with Gasteiger partial charge in [-0.25, -0.2) is 17.9 Å². The second-order valence-electron chi connectivity index (χ2n) is 8.22.